The summed E-state index contributed by atoms with van der Waals surface area (Å²) in [5.41, 5.74) is 4.59. The molecule has 176 valence electrons. The maximum atomic E-state index is 13.0. The van der Waals surface area contributed by atoms with E-state index in [1.54, 1.807) is 18.2 Å². The molecule has 0 N–H and O–H groups in total. The van der Waals surface area contributed by atoms with Crippen molar-refractivity contribution in [3.8, 4) is 0 Å². The molecule has 0 spiro atoms. The minimum Gasteiger partial charge on any atom is -0.457 e. The third-order valence-electron chi connectivity index (χ3n) is 6.00. The summed E-state index contributed by atoms with van der Waals surface area (Å²) in [6.07, 6.45) is 0.190. The summed E-state index contributed by atoms with van der Waals surface area (Å²) in [6, 6.07) is 10.9. The molecule has 4 rings (SSSR count). The van der Waals surface area contributed by atoms with Crippen LogP contribution in [0.5, 0.6) is 0 Å². The van der Waals surface area contributed by atoms with Crippen LogP contribution in [-0.2, 0) is 43.9 Å². The summed E-state index contributed by atoms with van der Waals surface area (Å²) in [4.78, 5) is 17.2. The van der Waals surface area contributed by atoms with Gasteiger partial charge in [-0.2, -0.15) is 4.31 Å². The number of carbonyl (C=O) groups is 1. The largest absolute Gasteiger partial charge is 0.457 e. The molecule has 33 heavy (non-hydrogen) atoms. The summed E-state index contributed by atoms with van der Waals surface area (Å²) in [5.74, 6) is 0.255. The molecule has 0 aliphatic carbocycles. The van der Waals surface area contributed by atoms with Crippen LogP contribution < -0.4 is 0 Å². The predicted octanol–water partition coefficient (Wildman–Crippen LogP) is 2.98. The lowest BCUT2D eigenvalue weighted by atomic mass is 10.0. The van der Waals surface area contributed by atoms with Crippen molar-refractivity contribution in [2.45, 2.75) is 45.2 Å². The monoisotopic (exact) mass is 471 g/mol. The second-order valence-corrected chi connectivity index (χ2v) is 10.1. The highest BCUT2D eigenvalue weighted by molar-refractivity contribution is 7.89. The van der Waals surface area contributed by atoms with Gasteiger partial charge in [-0.25, -0.2) is 13.4 Å². The Bertz CT molecular complexity index is 1280. The number of hydrogen-bond donors (Lipinski definition) is 0. The van der Waals surface area contributed by atoms with Crippen molar-refractivity contribution >= 4 is 27.0 Å². The van der Waals surface area contributed by atoms with E-state index < -0.39 is 10.0 Å². The summed E-state index contributed by atoms with van der Waals surface area (Å²) >= 11 is 0. The molecule has 2 heterocycles. The first kappa shape index (κ1) is 23.4. The van der Waals surface area contributed by atoms with Crippen LogP contribution in [0.3, 0.4) is 0 Å². The van der Waals surface area contributed by atoms with Crippen LogP contribution in [0, 0.1) is 13.8 Å². The van der Waals surface area contributed by atoms with Crippen molar-refractivity contribution in [1.82, 2.24) is 13.9 Å². The number of imidazole rings is 1. The molecule has 1 fully saturated rings. The molecule has 1 saturated heterocycles. The van der Waals surface area contributed by atoms with Gasteiger partial charge in [0, 0.05) is 19.6 Å². The summed E-state index contributed by atoms with van der Waals surface area (Å²) < 4.78 is 40.1. The molecular weight excluding hydrogens is 442 g/mol. The van der Waals surface area contributed by atoms with Crippen molar-refractivity contribution in [3.05, 3.63) is 58.9 Å². The van der Waals surface area contributed by atoms with Crippen molar-refractivity contribution in [2.75, 3.05) is 26.3 Å². The van der Waals surface area contributed by atoms with Gasteiger partial charge in [-0.1, -0.05) is 18.2 Å². The molecule has 2 aromatic carbocycles. The highest BCUT2D eigenvalue weighted by Gasteiger charge is 2.27. The highest BCUT2D eigenvalue weighted by atomic mass is 32.2. The number of carbonyl (C=O) groups excluding carboxylic acids is 1. The number of ether oxygens (including phenoxy) is 2. The summed E-state index contributed by atoms with van der Waals surface area (Å²) in [6.45, 7) is 8.13. The molecule has 1 aliphatic heterocycles. The van der Waals surface area contributed by atoms with E-state index in [1.807, 2.05) is 43.5 Å². The minimum atomic E-state index is -3.61. The van der Waals surface area contributed by atoms with Gasteiger partial charge in [-0.15, -0.1) is 0 Å². The predicted molar refractivity (Wildman–Crippen MR) is 124 cm³/mol. The highest BCUT2D eigenvalue weighted by Crippen LogP contribution is 2.24. The number of hydrogen-bond acceptors (Lipinski definition) is 6. The molecule has 0 radical (unpaired) electrons. The lowest BCUT2D eigenvalue weighted by Gasteiger charge is -2.26. The molecule has 0 saturated carbocycles. The zero-order chi connectivity index (χ0) is 23.6. The SMILES string of the molecule is CCn1c(COC(=O)Cc2ccc(C)c(C)c2)nc2cc(S(=O)(=O)N3CCOCC3)ccc21. The van der Waals surface area contributed by atoms with Crippen LogP contribution in [0.25, 0.3) is 11.0 Å². The first-order valence-electron chi connectivity index (χ1n) is 11.1. The third kappa shape index (κ3) is 4.95. The average molecular weight is 472 g/mol. The van der Waals surface area contributed by atoms with E-state index in [0.717, 1.165) is 16.6 Å². The van der Waals surface area contributed by atoms with Crippen molar-refractivity contribution in [3.63, 3.8) is 0 Å². The molecular formula is C24H29N3O5S. The summed E-state index contributed by atoms with van der Waals surface area (Å²) in [7, 11) is -3.61. The third-order valence-corrected chi connectivity index (χ3v) is 7.90. The van der Waals surface area contributed by atoms with Crippen molar-refractivity contribution in [2.24, 2.45) is 0 Å². The fourth-order valence-electron chi connectivity index (χ4n) is 4.00. The normalized spacial score (nSPS) is 15.1. The number of aryl methyl sites for hydroxylation is 3. The first-order chi connectivity index (χ1) is 15.8. The van der Waals surface area contributed by atoms with Gasteiger partial charge in [0.2, 0.25) is 10.0 Å². The van der Waals surface area contributed by atoms with Gasteiger partial charge in [0.25, 0.3) is 0 Å². The Morgan fingerprint density at radius 3 is 2.55 bits per heavy atom. The Morgan fingerprint density at radius 1 is 1.09 bits per heavy atom. The van der Waals surface area contributed by atoms with Crippen LogP contribution in [0.2, 0.25) is 0 Å². The number of benzene rings is 2. The maximum absolute atomic E-state index is 13.0. The standard InChI is InChI=1S/C24H29N3O5S/c1-4-27-22-8-7-20(33(29,30)26-9-11-31-12-10-26)15-21(22)25-23(27)16-32-24(28)14-19-6-5-17(2)18(3)13-19/h5-8,13,15H,4,9-12,14,16H2,1-3H3. The van der Waals surface area contributed by atoms with Gasteiger partial charge in [-0.05, 0) is 55.7 Å². The number of esters is 1. The molecule has 8 nitrogen and oxygen atoms in total. The van der Waals surface area contributed by atoms with E-state index >= 15 is 0 Å². The summed E-state index contributed by atoms with van der Waals surface area (Å²) in [5, 5.41) is 0. The minimum absolute atomic E-state index is 0.0255. The molecule has 0 bridgehead atoms. The lowest BCUT2D eigenvalue weighted by Crippen LogP contribution is -2.40. The topological polar surface area (TPSA) is 90.7 Å². The van der Waals surface area contributed by atoms with Crippen LogP contribution >= 0.6 is 0 Å². The van der Waals surface area contributed by atoms with Gasteiger partial charge in [0.15, 0.2) is 0 Å². The molecule has 0 amide bonds. The van der Waals surface area contributed by atoms with Crippen LogP contribution in [0.15, 0.2) is 41.3 Å². The van der Waals surface area contributed by atoms with E-state index in [2.05, 4.69) is 4.98 Å². The maximum Gasteiger partial charge on any atom is 0.310 e. The van der Waals surface area contributed by atoms with Crippen molar-refractivity contribution < 1.29 is 22.7 Å². The number of sulfonamides is 1. The fourth-order valence-corrected chi connectivity index (χ4v) is 5.42. The van der Waals surface area contributed by atoms with Gasteiger partial charge in [0.1, 0.15) is 12.4 Å². The molecule has 9 heteroatoms. The Balaban J connectivity index is 1.51. The number of rotatable bonds is 7. The zero-order valence-electron chi connectivity index (χ0n) is 19.2. The van der Waals surface area contributed by atoms with E-state index in [4.69, 9.17) is 9.47 Å². The van der Waals surface area contributed by atoms with Gasteiger partial charge in [-0.3, -0.25) is 4.79 Å². The quantitative estimate of drug-likeness (QED) is 0.492. The number of nitrogens with zero attached hydrogens (tertiary/aromatic N) is 3. The smallest absolute Gasteiger partial charge is 0.310 e. The Morgan fingerprint density at radius 2 is 1.85 bits per heavy atom. The van der Waals surface area contributed by atoms with Gasteiger partial charge >= 0.3 is 5.97 Å². The Hall–Kier alpha value is -2.75. The number of aromatic nitrogens is 2. The van der Waals surface area contributed by atoms with E-state index in [9.17, 15) is 13.2 Å². The second kappa shape index (κ2) is 9.62. The fraction of sp³-hybridized carbons (Fsp3) is 0.417. The van der Waals surface area contributed by atoms with Crippen LogP contribution in [0.4, 0.5) is 0 Å². The van der Waals surface area contributed by atoms with E-state index in [1.165, 1.54) is 9.87 Å². The molecule has 0 unspecified atom stereocenters. The van der Waals surface area contributed by atoms with E-state index in [0.29, 0.717) is 44.2 Å². The van der Waals surface area contributed by atoms with Crippen LogP contribution in [-0.4, -0.2) is 54.5 Å². The Labute approximate surface area is 194 Å². The lowest BCUT2D eigenvalue weighted by molar-refractivity contribution is -0.144. The average Bonchev–Trinajstić information content (AvgIpc) is 3.17. The number of fused-ring (bicyclic) bond motifs is 1. The molecule has 1 aromatic heterocycles. The first-order valence-corrected chi connectivity index (χ1v) is 12.5. The molecule has 0 atom stereocenters. The van der Waals surface area contributed by atoms with Crippen molar-refractivity contribution in [1.29, 1.82) is 0 Å². The van der Waals surface area contributed by atoms with Gasteiger partial charge in [0.05, 0.1) is 35.6 Å². The molecule has 1 aliphatic rings. The van der Waals surface area contributed by atoms with E-state index in [-0.39, 0.29) is 23.9 Å². The number of morpholine rings is 1. The Kier molecular flexibility index (Phi) is 6.83. The van der Waals surface area contributed by atoms with Crippen LogP contribution in [0.1, 0.15) is 29.4 Å². The zero-order valence-corrected chi connectivity index (χ0v) is 20.0. The second-order valence-electron chi connectivity index (χ2n) is 8.20. The molecule has 3 aromatic rings. The van der Waals surface area contributed by atoms with Gasteiger partial charge < -0.3 is 14.0 Å².